The minimum Gasteiger partial charge on any atom is -0.377 e. The lowest BCUT2D eigenvalue weighted by atomic mass is 10.0. The molecule has 4 heteroatoms. The number of ether oxygens (including phenoxy) is 1. The van der Waals surface area contributed by atoms with Gasteiger partial charge in [0.05, 0.1) is 24.1 Å². The molecule has 1 aromatic heterocycles. The van der Waals surface area contributed by atoms with E-state index in [2.05, 4.69) is 53.2 Å². The molecule has 0 unspecified atom stereocenters. The van der Waals surface area contributed by atoms with Crippen LogP contribution in [0.25, 0.3) is 12.2 Å². The van der Waals surface area contributed by atoms with Gasteiger partial charge in [0.1, 0.15) is 0 Å². The quantitative estimate of drug-likeness (QED) is 0.816. The lowest BCUT2D eigenvalue weighted by Gasteiger charge is -2.42. The Balaban J connectivity index is 2.10. The molecule has 1 aromatic rings. The predicted octanol–water partition coefficient (Wildman–Crippen LogP) is 0.936. The predicted molar refractivity (Wildman–Crippen MR) is 77.4 cm³/mol. The number of H-pyrrole nitrogens is 1. The van der Waals surface area contributed by atoms with Gasteiger partial charge in [-0.1, -0.05) is 18.2 Å². The summed E-state index contributed by atoms with van der Waals surface area (Å²) in [7, 11) is 0. The van der Waals surface area contributed by atoms with Crippen molar-refractivity contribution in [1.82, 2.24) is 10.2 Å². The number of morpholine rings is 1. The third-order valence-electron chi connectivity index (χ3n) is 3.79. The Bertz CT molecular complexity index is 597. The molecule has 3 rings (SSSR count). The van der Waals surface area contributed by atoms with Crippen LogP contribution in [-0.2, 0) is 4.74 Å². The summed E-state index contributed by atoms with van der Waals surface area (Å²) in [5, 5.41) is 10.1. The summed E-state index contributed by atoms with van der Waals surface area (Å²) >= 11 is 0. The molecule has 0 amide bonds. The highest BCUT2D eigenvalue weighted by atomic mass is 16.5. The largest absolute Gasteiger partial charge is 0.377 e. The number of anilines is 1. The first kappa shape index (κ1) is 12.5. The molecule has 0 aromatic carbocycles. The van der Waals surface area contributed by atoms with E-state index in [0.717, 1.165) is 43.8 Å². The Hall–Kier alpha value is -1.55. The maximum Gasteiger partial charge on any atom is 0.158 e. The Morgan fingerprint density at radius 2 is 2.26 bits per heavy atom. The van der Waals surface area contributed by atoms with Crippen molar-refractivity contribution in [3.63, 3.8) is 0 Å². The number of hydrogen-bond donors (Lipinski definition) is 1. The van der Waals surface area contributed by atoms with E-state index >= 15 is 0 Å². The molecule has 1 aliphatic carbocycles. The lowest BCUT2D eigenvalue weighted by Crippen LogP contribution is -2.55. The van der Waals surface area contributed by atoms with Gasteiger partial charge >= 0.3 is 0 Å². The van der Waals surface area contributed by atoms with E-state index in [1.807, 2.05) is 0 Å². The molecule has 2 heterocycles. The van der Waals surface area contributed by atoms with Crippen LogP contribution in [0.2, 0.25) is 0 Å². The van der Waals surface area contributed by atoms with E-state index in [1.54, 1.807) is 0 Å². The molecule has 1 saturated heterocycles. The zero-order valence-electron chi connectivity index (χ0n) is 11.6. The molecule has 0 saturated carbocycles. The van der Waals surface area contributed by atoms with Gasteiger partial charge in [-0.3, -0.25) is 5.10 Å². The highest BCUT2D eigenvalue weighted by Gasteiger charge is 2.32. The van der Waals surface area contributed by atoms with Crippen molar-refractivity contribution in [2.45, 2.75) is 32.2 Å². The van der Waals surface area contributed by atoms with Crippen LogP contribution in [0.1, 0.15) is 26.7 Å². The van der Waals surface area contributed by atoms with Crippen molar-refractivity contribution in [3.05, 3.63) is 22.7 Å². The number of aromatic nitrogens is 2. The summed E-state index contributed by atoms with van der Waals surface area (Å²) in [6, 6.07) is 0. The first-order valence-electron chi connectivity index (χ1n) is 6.95. The number of nitrogens with one attached hydrogen (secondary N) is 1. The fourth-order valence-electron chi connectivity index (χ4n) is 2.72. The topological polar surface area (TPSA) is 41.1 Å². The van der Waals surface area contributed by atoms with E-state index in [4.69, 9.17) is 4.74 Å². The van der Waals surface area contributed by atoms with Crippen molar-refractivity contribution in [2.75, 3.05) is 24.7 Å². The highest BCUT2D eigenvalue weighted by Crippen LogP contribution is 2.22. The first-order valence-corrected chi connectivity index (χ1v) is 6.95. The Morgan fingerprint density at radius 1 is 1.37 bits per heavy atom. The number of allylic oxidation sites excluding steroid dienone is 2. The lowest BCUT2D eigenvalue weighted by molar-refractivity contribution is 0.0638. The fraction of sp³-hybridized carbons (Fsp3) is 0.533. The maximum absolute atomic E-state index is 5.59. The summed E-state index contributed by atoms with van der Waals surface area (Å²) in [5.41, 5.74) is -0.0128. The normalized spacial score (nSPS) is 21.9. The van der Waals surface area contributed by atoms with E-state index in [1.165, 1.54) is 5.22 Å². The zero-order valence-corrected chi connectivity index (χ0v) is 11.6. The average molecular weight is 259 g/mol. The Kier molecular flexibility index (Phi) is 3.19. The van der Waals surface area contributed by atoms with Crippen molar-refractivity contribution in [1.29, 1.82) is 0 Å². The van der Waals surface area contributed by atoms with E-state index in [0.29, 0.717) is 0 Å². The summed E-state index contributed by atoms with van der Waals surface area (Å²) in [4.78, 5) is 2.35. The van der Waals surface area contributed by atoms with Crippen molar-refractivity contribution in [2.24, 2.45) is 0 Å². The van der Waals surface area contributed by atoms with Crippen LogP contribution in [0.3, 0.4) is 0 Å². The summed E-state index contributed by atoms with van der Waals surface area (Å²) in [6.45, 7) is 6.81. The van der Waals surface area contributed by atoms with Crippen LogP contribution < -0.4 is 15.5 Å². The SMILES string of the molecule is CC1(C)COCCN1c1n[nH]c2c1=CC=CCCC=2. The first-order chi connectivity index (χ1) is 9.18. The van der Waals surface area contributed by atoms with Crippen LogP contribution in [0.5, 0.6) is 0 Å². The number of fused-ring (bicyclic) bond motifs is 1. The van der Waals surface area contributed by atoms with Crippen LogP contribution in [0.15, 0.2) is 12.2 Å². The molecule has 102 valence electrons. The molecule has 1 fully saturated rings. The minimum absolute atomic E-state index is 0.0128. The van der Waals surface area contributed by atoms with Crippen molar-refractivity contribution >= 4 is 18.0 Å². The van der Waals surface area contributed by atoms with Crippen LogP contribution >= 0.6 is 0 Å². The third kappa shape index (κ3) is 2.32. The van der Waals surface area contributed by atoms with Gasteiger partial charge in [0.2, 0.25) is 0 Å². The zero-order chi connectivity index (χ0) is 13.3. The molecule has 4 nitrogen and oxygen atoms in total. The molecular weight excluding hydrogens is 238 g/mol. The summed E-state index contributed by atoms with van der Waals surface area (Å²) < 4.78 is 5.59. The molecule has 0 spiro atoms. The molecule has 19 heavy (non-hydrogen) atoms. The molecule has 0 radical (unpaired) electrons. The fourth-order valence-corrected chi connectivity index (χ4v) is 2.72. The number of nitrogens with zero attached hydrogens (tertiary/aromatic N) is 2. The van der Waals surface area contributed by atoms with E-state index in [-0.39, 0.29) is 5.54 Å². The van der Waals surface area contributed by atoms with Crippen molar-refractivity contribution < 1.29 is 4.74 Å². The van der Waals surface area contributed by atoms with E-state index in [9.17, 15) is 0 Å². The van der Waals surface area contributed by atoms with Crippen LogP contribution in [0, 0.1) is 0 Å². The number of rotatable bonds is 1. The smallest absolute Gasteiger partial charge is 0.158 e. The molecular formula is C15H21N3O. The standard InChI is InChI=1S/C15H21N3O/c1-15(2)11-19-10-9-18(15)14-12-7-5-3-4-6-8-13(12)16-17-14/h3,5,7-8,16H,4,6,9-11H2,1-2H3. The molecule has 2 aliphatic rings. The van der Waals surface area contributed by atoms with Crippen molar-refractivity contribution in [3.8, 4) is 0 Å². The summed E-state index contributed by atoms with van der Waals surface area (Å²) in [6.07, 6.45) is 10.9. The van der Waals surface area contributed by atoms with Gasteiger partial charge in [-0.05, 0) is 32.8 Å². The van der Waals surface area contributed by atoms with Gasteiger partial charge in [0.15, 0.2) is 5.82 Å². The van der Waals surface area contributed by atoms with Crippen LogP contribution in [-0.4, -0.2) is 35.5 Å². The molecule has 1 N–H and O–H groups in total. The second-order valence-electron chi connectivity index (χ2n) is 5.77. The van der Waals surface area contributed by atoms with E-state index < -0.39 is 0 Å². The number of aromatic amines is 1. The molecule has 1 aliphatic heterocycles. The minimum atomic E-state index is -0.0128. The Morgan fingerprint density at radius 3 is 3.11 bits per heavy atom. The van der Waals surface area contributed by atoms with Gasteiger partial charge in [-0.25, -0.2) is 0 Å². The highest BCUT2D eigenvalue weighted by molar-refractivity contribution is 5.53. The second kappa shape index (κ2) is 4.85. The molecule has 0 bridgehead atoms. The van der Waals surface area contributed by atoms with Crippen LogP contribution in [0.4, 0.5) is 5.82 Å². The maximum atomic E-state index is 5.59. The van der Waals surface area contributed by atoms with Gasteiger partial charge < -0.3 is 9.64 Å². The second-order valence-corrected chi connectivity index (χ2v) is 5.77. The van der Waals surface area contributed by atoms with Gasteiger partial charge in [-0.2, -0.15) is 5.10 Å². The van der Waals surface area contributed by atoms with Gasteiger partial charge in [0.25, 0.3) is 0 Å². The third-order valence-corrected chi connectivity index (χ3v) is 3.79. The molecule has 0 atom stereocenters. The monoisotopic (exact) mass is 259 g/mol. The summed E-state index contributed by atoms with van der Waals surface area (Å²) in [5.74, 6) is 1.05. The Labute approximate surface area is 113 Å². The number of hydrogen-bond acceptors (Lipinski definition) is 3. The van der Waals surface area contributed by atoms with Gasteiger partial charge in [-0.15, -0.1) is 0 Å². The van der Waals surface area contributed by atoms with Gasteiger partial charge in [0, 0.05) is 11.8 Å². The average Bonchev–Trinajstić information content (AvgIpc) is 2.70.